The Labute approximate surface area is 163 Å². The Morgan fingerprint density at radius 2 is 1.71 bits per heavy atom. The molecule has 1 aliphatic heterocycles. The first-order valence-electron chi connectivity index (χ1n) is 9.18. The van der Waals surface area contributed by atoms with E-state index in [0.717, 1.165) is 0 Å². The third-order valence-electron chi connectivity index (χ3n) is 4.42. The molecule has 3 amide bonds. The highest BCUT2D eigenvalue weighted by molar-refractivity contribution is 6.04. The van der Waals surface area contributed by atoms with Gasteiger partial charge < -0.3 is 20.3 Å². The smallest absolute Gasteiger partial charge is 0.229 e. The molecular formula is C21H23N3O4. The van der Waals surface area contributed by atoms with E-state index in [1.54, 1.807) is 29.2 Å². The van der Waals surface area contributed by atoms with Gasteiger partial charge in [0, 0.05) is 31.3 Å². The van der Waals surface area contributed by atoms with Crippen LogP contribution >= 0.6 is 0 Å². The van der Waals surface area contributed by atoms with Gasteiger partial charge in [-0.15, -0.1) is 0 Å². The zero-order chi connectivity index (χ0) is 20.1. The number of nitrogens with zero attached hydrogens (tertiary/aromatic N) is 1. The highest BCUT2D eigenvalue weighted by Crippen LogP contribution is 2.33. The molecular weight excluding hydrogens is 358 g/mol. The molecule has 0 saturated carbocycles. The Kier molecular flexibility index (Phi) is 5.93. The molecule has 1 heterocycles. The van der Waals surface area contributed by atoms with Crippen LogP contribution < -0.4 is 20.3 Å². The lowest BCUT2D eigenvalue weighted by molar-refractivity contribution is -0.122. The number of benzene rings is 2. The average Bonchev–Trinajstić information content (AvgIpc) is 3.05. The van der Waals surface area contributed by atoms with Gasteiger partial charge in [0.2, 0.25) is 17.7 Å². The summed E-state index contributed by atoms with van der Waals surface area (Å²) >= 11 is 0. The molecule has 2 aromatic rings. The number of nitrogens with one attached hydrogen (secondary N) is 2. The number of hydrogen-bond donors (Lipinski definition) is 2. The van der Waals surface area contributed by atoms with E-state index in [1.165, 1.54) is 6.92 Å². The van der Waals surface area contributed by atoms with Gasteiger partial charge in [0.05, 0.1) is 18.2 Å². The van der Waals surface area contributed by atoms with E-state index in [1.807, 2.05) is 31.2 Å². The maximum atomic E-state index is 12.6. The van der Waals surface area contributed by atoms with Gasteiger partial charge in [-0.05, 0) is 43.3 Å². The highest BCUT2D eigenvalue weighted by atomic mass is 16.5. The molecule has 146 valence electrons. The lowest BCUT2D eigenvalue weighted by atomic mass is 10.1. The molecule has 0 bridgehead atoms. The second-order valence-electron chi connectivity index (χ2n) is 6.55. The fourth-order valence-electron chi connectivity index (χ4n) is 3.16. The van der Waals surface area contributed by atoms with Gasteiger partial charge in [-0.3, -0.25) is 14.4 Å². The number of hydrogen-bond acceptors (Lipinski definition) is 4. The molecule has 0 spiro atoms. The largest absolute Gasteiger partial charge is 0.492 e. The molecule has 1 unspecified atom stereocenters. The van der Waals surface area contributed by atoms with Crippen molar-refractivity contribution in [1.29, 1.82) is 0 Å². The summed E-state index contributed by atoms with van der Waals surface area (Å²) in [6, 6.07) is 14.2. The first kappa shape index (κ1) is 19.4. The zero-order valence-electron chi connectivity index (χ0n) is 15.9. The number of ether oxygens (including phenoxy) is 1. The number of amides is 3. The van der Waals surface area contributed by atoms with E-state index in [0.29, 0.717) is 36.0 Å². The average molecular weight is 381 g/mol. The van der Waals surface area contributed by atoms with Crippen molar-refractivity contribution in [3.05, 3.63) is 48.5 Å². The maximum Gasteiger partial charge on any atom is 0.229 e. The SMILES string of the molecule is CCOc1ccccc1N1CC(C(=O)Nc2ccc(NC(C)=O)cc2)CC1=O. The molecule has 1 saturated heterocycles. The van der Waals surface area contributed by atoms with Gasteiger partial charge in [0.1, 0.15) is 5.75 Å². The van der Waals surface area contributed by atoms with E-state index in [9.17, 15) is 14.4 Å². The molecule has 2 N–H and O–H groups in total. The zero-order valence-corrected chi connectivity index (χ0v) is 15.9. The quantitative estimate of drug-likeness (QED) is 0.805. The van der Waals surface area contributed by atoms with Gasteiger partial charge >= 0.3 is 0 Å². The molecule has 2 aromatic carbocycles. The van der Waals surface area contributed by atoms with E-state index in [4.69, 9.17) is 4.74 Å². The minimum atomic E-state index is -0.447. The Bertz CT molecular complexity index is 879. The molecule has 7 nitrogen and oxygen atoms in total. The number of rotatable bonds is 6. The number of carbonyl (C=O) groups excluding carboxylic acids is 3. The fourth-order valence-corrected chi connectivity index (χ4v) is 3.16. The summed E-state index contributed by atoms with van der Waals surface area (Å²) in [5.41, 5.74) is 1.95. The molecule has 1 atom stereocenters. The van der Waals surface area contributed by atoms with Gasteiger partial charge in [-0.25, -0.2) is 0 Å². The van der Waals surface area contributed by atoms with Crippen LogP contribution in [-0.4, -0.2) is 30.9 Å². The van der Waals surface area contributed by atoms with E-state index in [2.05, 4.69) is 10.6 Å². The summed E-state index contributed by atoms with van der Waals surface area (Å²) in [6.45, 7) is 4.12. The van der Waals surface area contributed by atoms with Crippen molar-refractivity contribution in [1.82, 2.24) is 0 Å². The molecule has 0 aromatic heterocycles. The van der Waals surface area contributed by atoms with Gasteiger partial charge in [-0.2, -0.15) is 0 Å². The van der Waals surface area contributed by atoms with Crippen molar-refractivity contribution in [3.8, 4) is 5.75 Å². The van der Waals surface area contributed by atoms with Gasteiger partial charge in [0.25, 0.3) is 0 Å². The van der Waals surface area contributed by atoms with Crippen LogP contribution in [-0.2, 0) is 14.4 Å². The molecule has 1 fully saturated rings. The van der Waals surface area contributed by atoms with Crippen LogP contribution in [0.2, 0.25) is 0 Å². The van der Waals surface area contributed by atoms with Crippen LogP contribution in [0.15, 0.2) is 48.5 Å². The second kappa shape index (κ2) is 8.56. The van der Waals surface area contributed by atoms with Crippen LogP contribution in [0.4, 0.5) is 17.1 Å². The minimum Gasteiger partial charge on any atom is -0.492 e. The lowest BCUT2D eigenvalue weighted by Crippen LogP contribution is -2.28. The summed E-state index contributed by atoms with van der Waals surface area (Å²) in [6.07, 6.45) is 0.149. The molecule has 7 heteroatoms. The third-order valence-corrected chi connectivity index (χ3v) is 4.42. The van der Waals surface area contributed by atoms with Crippen LogP contribution in [0.3, 0.4) is 0 Å². The molecule has 3 rings (SSSR count). The number of carbonyl (C=O) groups is 3. The van der Waals surface area contributed by atoms with Crippen molar-refractivity contribution in [2.45, 2.75) is 20.3 Å². The summed E-state index contributed by atoms with van der Waals surface area (Å²) in [4.78, 5) is 37.8. The van der Waals surface area contributed by atoms with E-state index in [-0.39, 0.29) is 24.1 Å². The normalized spacial score (nSPS) is 16.0. The monoisotopic (exact) mass is 381 g/mol. The standard InChI is InChI=1S/C21H23N3O4/c1-3-28-19-7-5-4-6-18(19)24-13-15(12-20(24)26)21(27)23-17-10-8-16(9-11-17)22-14(2)25/h4-11,15H,3,12-13H2,1-2H3,(H,22,25)(H,23,27). The Balaban J connectivity index is 1.66. The van der Waals surface area contributed by atoms with Crippen molar-refractivity contribution in [2.75, 3.05) is 28.7 Å². The van der Waals surface area contributed by atoms with Crippen molar-refractivity contribution < 1.29 is 19.1 Å². The first-order chi connectivity index (χ1) is 13.5. The van der Waals surface area contributed by atoms with Crippen LogP contribution in [0.5, 0.6) is 5.75 Å². The highest BCUT2D eigenvalue weighted by Gasteiger charge is 2.36. The van der Waals surface area contributed by atoms with Crippen molar-refractivity contribution >= 4 is 34.8 Å². The molecule has 28 heavy (non-hydrogen) atoms. The predicted molar refractivity (Wildman–Crippen MR) is 107 cm³/mol. The summed E-state index contributed by atoms with van der Waals surface area (Å²) in [5.74, 6) is -0.288. The first-order valence-corrected chi connectivity index (χ1v) is 9.18. The Hall–Kier alpha value is -3.35. The van der Waals surface area contributed by atoms with Gasteiger partial charge in [-0.1, -0.05) is 12.1 Å². The van der Waals surface area contributed by atoms with Crippen LogP contribution in [0, 0.1) is 5.92 Å². The van der Waals surface area contributed by atoms with Crippen molar-refractivity contribution in [3.63, 3.8) is 0 Å². The maximum absolute atomic E-state index is 12.6. The van der Waals surface area contributed by atoms with Crippen molar-refractivity contribution in [2.24, 2.45) is 5.92 Å². The van der Waals surface area contributed by atoms with E-state index >= 15 is 0 Å². The predicted octanol–water partition coefficient (Wildman–Crippen LogP) is 3.04. The molecule has 0 aliphatic carbocycles. The van der Waals surface area contributed by atoms with Gasteiger partial charge in [0.15, 0.2) is 0 Å². The topological polar surface area (TPSA) is 87.7 Å². The lowest BCUT2D eigenvalue weighted by Gasteiger charge is -2.20. The Morgan fingerprint density at radius 3 is 2.36 bits per heavy atom. The van der Waals surface area contributed by atoms with E-state index < -0.39 is 5.92 Å². The molecule has 1 aliphatic rings. The fraction of sp³-hybridized carbons (Fsp3) is 0.286. The third kappa shape index (κ3) is 4.49. The Morgan fingerprint density at radius 1 is 1.07 bits per heavy atom. The molecule has 0 radical (unpaired) electrons. The number of anilines is 3. The van der Waals surface area contributed by atoms with Crippen LogP contribution in [0.25, 0.3) is 0 Å². The second-order valence-corrected chi connectivity index (χ2v) is 6.55. The van der Waals surface area contributed by atoms with Crippen LogP contribution in [0.1, 0.15) is 20.3 Å². The minimum absolute atomic E-state index is 0.103. The summed E-state index contributed by atoms with van der Waals surface area (Å²) in [7, 11) is 0. The summed E-state index contributed by atoms with van der Waals surface area (Å²) in [5, 5.41) is 5.51. The number of para-hydroxylation sites is 2. The summed E-state index contributed by atoms with van der Waals surface area (Å²) < 4.78 is 5.60.